The second-order valence-corrected chi connectivity index (χ2v) is 16.8. The number of anilines is 1. The van der Waals surface area contributed by atoms with Crippen molar-refractivity contribution in [2.24, 2.45) is 30.7 Å². The van der Waals surface area contributed by atoms with E-state index in [9.17, 15) is 64.4 Å². The maximum atomic E-state index is 12.5. The highest BCUT2D eigenvalue weighted by molar-refractivity contribution is 7.86. The third-order valence-corrected chi connectivity index (χ3v) is 11.1. The van der Waals surface area contributed by atoms with Crippen molar-refractivity contribution >= 4 is 80.9 Å². The number of hydrogen-bond acceptors (Lipinski definition) is 20. The highest BCUT2D eigenvalue weighted by Gasteiger charge is 2.26. The second kappa shape index (κ2) is 19.1. The van der Waals surface area contributed by atoms with Crippen molar-refractivity contribution in [3.05, 3.63) is 66.7 Å². The number of aliphatic hydroxyl groups excluding tert-OH is 2. The Kier molecular flexibility index (Phi) is 14.4. The zero-order valence-electron chi connectivity index (χ0n) is 32.3. The summed E-state index contributed by atoms with van der Waals surface area (Å²) < 4.78 is 114. The lowest BCUT2D eigenvalue weighted by Crippen LogP contribution is -2.21. The Morgan fingerprint density at radius 1 is 0.565 bits per heavy atom. The quantitative estimate of drug-likeness (QED) is 0.0342. The molecule has 0 amide bonds. The SMILES string of the molecule is CCN(CC)c1ccc(N=Nc2ccc(N=Nc3cc(OCCO)c(N=Nc4c(S(=O)(=O)O)cc5cc(S(=O)(=O)O)cc(O)c5c4O)cc3OCCO)c(S(=O)(=O)O)c2)c(O)c1. The smallest absolute Gasteiger partial charge is 0.296 e. The van der Waals surface area contributed by atoms with Gasteiger partial charge in [-0.05, 0) is 61.7 Å². The molecule has 0 aliphatic rings. The summed E-state index contributed by atoms with van der Waals surface area (Å²) in [5.74, 6) is -2.77. The van der Waals surface area contributed by atoms with Crippen molar-refractivity contribution in [1.82, 2.24) is 0 Å². The van der Waals surface area contributed by atoms with E-state index in [1.165, 1.54) is 18.2 Å². The third kappa shape index (κ3) is 10.9. The molecule has 0 unspecified atom stereocenters. The van der Waals surface area contributed by atoms with Crippen molar-refractivity contribution in [2.45, 2.75) is 28.5 Å². The van der Waals surface area contributed by atoms with Crippen LogP contribution >= 0.6 is 0 Å². The molecule has 8 N–H and O–H groups in total. The molecule has 5 aromatic carbocycles. The fourth-order valence-corrected chi connectivity index (χ4v) is 7.51. The summed E-state index contributed by atoms with van der Waals surface area (Å²) in [6.45, 7) is 3.43. The van der Waals surface area contributed by atoms with E-state index >= 15 is 0 Å². The highest BCUT2D eigenvalue weighted by Crippen LogP contribution is 2.47. The number of aliphatic hydroxyl groups is 2. The van der Waals surface area contributed by atoms with Gasteiger partial charge in [0.2, 0.25) is 0 Å². The van der Waals surface area contributed by atoms with E-state index in [0.29, 0.717) is 31.3 Å². The maximum absolute atomic E-state index is 12.5. The Morgan fingerprint density at radius 2 is 1.11 bits per heavy atom. The first kappa shape index (κ1) is 46.7. The largest absolute Gasteiger partial charge is 0.507 e. The number of rotatable bonds is 18. The summed E-state index contributed by atoms with van der Waals surface area (Å²) in [4.78, 5) is -0.767. The molecule has 0 atom stereocenters. The molecule has 0 radical (unpaired) electrons. The van der Waals surface area contributed by atoms with Gasteiger partial charge in [-0.25, -0.2) is 0 Å². The van der Waals surface area contributed by atoms with Gasteiger partial charge in [-0.15, -0.1) is 25.6 Å². The van der Waals surface area contributed by atoms with Gasteiger partial charge in [-0.2, -0.15) is 30.4 Å². The fourth-order valence-electron chi connectivity index (χ4n) is 5.68. The molecule has 330 valence electrons. The van der Waals surface area contributed by atoms with Crippen LogP contribution in [0.25, 0.3) is 10.8 Å². The molecule has 5 rings (SSSR count). The molecule has 0 aromatic heterocycles. The number of azo groups is 3. The van der Waals surface area contributed by atoms with Crippen LogP contribution in [0.15, 0.2) is 112 Å². The number of ether oxygens (including phenoxy) is 2. The first-order valence-electron chi connectivity index (χ1n) is 17.8. The lowest BCUT2D eigenvalue weighted by Gasteiger charge is -2.21. The Bertz CT molecular complexity index is 2940. The molecule has 0 saturated heterocycles. The lowest BCUT2D eigenvalue weighted by atomic mass is 10.1. The van der Waals surface area contributed by atoms with Crippen LogP contribution in [0, 0.1) is 0 Å². The molecule has 26 heteroatoms. The van der Waals surface area contributed by atoms with Gasteiger partial charge in [0.15, 0.2) is 5.75 Å². The van der Waals surface area contributed by atoms with E-state index in [2.05, 4.69) is 30.7 Å². The van der Waals surface area contributed by atoms with Crippen molar-refractivity contribution in [1.29, 1.82) is 0 Å². The third-order valence-electron chi connectivity index (χ3n) is 8.52. The predicted octanol–water partition coefficient (Wildman–Crippen LogP) is 6.53. The molecular formula is C36H37N7O16S3. The van der Waals surface area contributed by atoms with Gasteiger partial charge >= 0.3 is 0 Å². The normalized spacial score (nSPS) is 12.6. The Hall–Kier alpha value is -6.39. The van der Waals surface area contributed by atoms with Crippen LogP contribution in [0.4, 0.5) is 39.8 Å². The Morgan fingerprint density at radius 3 is 1.65 bits per heavy atom. The first-order chi connectivity index (χ1) is 29.2. The number of aromatic hydroxyl groups is 3. The number of benzene rings is 5. The van der Waals surface area contributed by atoms with Crippen LogP contribution in [0.3, 0.4) is 0 Å². The fraction of sp³-hybridized carbons (Fsp3) is 0.222. The monoisotopic (exact) mass is 919 g/mol. The summed E-state index contributed by atoms with van der Waals surface area (Å²) >= 11 is 0. The van der Waals surface area contributed by atoms with Gasteiger partial charge in [0.05, 0.1) is 29.2 Å². The molecular weight excluding hydrogens is 883 g/mol. The van der Waals surface area contributed by atoms with Gasteiger partial charge in [0, 0.05) is 43.0 Å². The second-order valence-electron chi connectivity index (χ2n) is 12.6. The standard InChI is InChI=1S/C36H37N7O16S3/c1-3-43(4-2)22-6-8-24(28(46)16-22)38-37-21-5-7-25(32(15-21)61(52,53)54)39-40-26-18-31(59-12-10-45)27(19-30(26)58-11-9-44)41-42-35-33(62(55,56)57)14-20-13-23(60(49,50)51)17-29(47)34(20)36(35)48/h5-8,13-19,44-48H,3-4,9-12H2,1-2H3,(H,49,50,51)(H,52,53,54)(H,55,56,57). The summed E-state index contributed by atoms with van der Waals surface area (Å²) in [6.07, 6.45) is 0. The van der Waals surface area contributed by atoms with Gasteiger partial charge in [0.25, 0.3) is 30.4 Å². The van der Waals surface area contributed by atoms with Gasteiger partial charge in [-0.3, -0.25) is 13.7 Å². The maximum Gasteiger partial charge on any atom is 0.296 e. The predicted molar refractivity (Wildman–Crippen MR) is 219 cm³/mol. The molecule has 0 spiro atoms. The van der Waals surface area contributed by atoms with E-state index < -0.39 is 98.5 Å². The summed E-state index contributed by atoms with van der Waals surface area (Å²) in [7, 11) is -15.2. The minimum Gasteiger partial charge on any atom is -0.507 e. The van der Waals surface area contributed by atoms with Crippen LogP contribution in [0.2, 0.25) is 0 Å². The zero-order chi connectivity index (χ0) is 45.6. The van der Waals surface area contributed by atoms with E-state index in [4.69, 9.17) is 9.47 Å². The number of phenols is 3. The van der Waals surface area contributed by atoms with Crippen LogP contribution < -0.4 is 14.4 Å². The van der Waals surface area contributed by atoms with Gasteiger partial charge < -0.3 is 39.9 Å². The van der Waals surface area contributed by atoms with Gasteiger partial charge in [-0.1, -0.05) is 0 Å². The van der Waals surface area contributed by atoms with Crippen LogP contribution in [-0.4, -0.2) is 104 Å². The van der Waals surface area contributed by atoms with Crippen molar-refractivity contribution in [3.63, 3.8) is 0 Å². The molecule has 0 aliphatic heterocycles. The van der Waals surface area contributed by atoms with E-state index in [1.54, 1.807) is 6.07 Å². The van der Waals surface area contributed by atoms with Crippen LogP contribution in [0.1, 0.15) is 13.8 Å². The van der Waals surface area contributed by atoms with Crippen LogP contribution in [-0.2, 0) is 30.4 Å². The Labute approximate surface area is 352 Å². The number of nitrogens with zero attached hydrogens (tertiary/aromatic N) is 7. The van der Waals surface area contributed by atoms with Crippen molar-refractivity contribution < 1.29 is 73.9 Å². The average molecular weight is 920 g/mol. The molecule has 62 heavy (non-hydrogen) atoms. The van der Waals surface area contributed by atoms with Crippen molar-refractivity contribution in [2.75, 3.05) is 44.4 Å². The van der Waals surface area contributed by atoms with E-state index in [1.807, 2.05) is 18.7 Å². The van der Waals surface area contributed by atoms with E-state index in [0.717, 1.165) is 30.0 Å². The summed E-state index contributed by atoms with van der Waals surface area (Å²) in [5.41, 5.74) is -1.20. The number of phenolic OH excluding ortho intramolecular Hbond substituents is 3. The zero-order valence-corrected chi connectivity index (χ0v) is 34.7. The molecule has 0 aliphatic carbocycles. The summed E-state index contributed by atoms with van der Waals surface area (Å²) in [6, 6.07) is 12.2. The first-order valence-corrected chi connectivity index (χ1v) is 22.1. The number of fused-ring (bicyclic) bond motifs is 1. The minimum absolute atomic E-state index is 0.0692. The minimum atomic E-state index is -5.27. The van der Waals surface area contributed by atoms with Crippen LogP contribution in [0.5, 0.6) is 28.7 Å². The lowest BCUT2D eigenvalue weighted by molar-refractivity contribution is 0.198. The summed E-state index contributed by atoms with van der Waals surface area (Å²) in [5, 5.41) is 73.6. The van der Waals surface area contributed by atoms with Crippen molar-refractivity contribution in [3.8, 4) is 28.7 Å². The topological polar surface area (TPSA) is 360 Å². The van der Waals surface area contributed by atoms with E-state index in [-0.39, 0.29) is 46.6 Å². The highest BCUT2D eigenvalue weighted by atomic mass is 32.2. The number of hydrogen-bond donors (Lipinski definition) is 8. The molecule has 0 fully saturated rings. The van der Waals surface area contributed by atoms with Gasteiger partial charge in [0.1, 0.15) is 74.4 Å². The molecule has 23 nitrogen and oxygen atoms in total. The molecule has 0 saturated carbocycles. The Balaban J connectivity index is 1.58. The molecule has 5 aromatic rings. The molecule has 0 bridgehead atoms. The molecule has 0 heterocycles. The average Bonchev–Trinajstić information content (AvgIpc) is 3.20.